The molecule has 128 valence electrons. The molecule has 0 unspecified atom stereocenters. The van der Waals surface area contributed by atoms with Gasteiger partial charge < -0.3 is 9.84 Å². The molecule has 0 saturated heterocycles. The van der Waals surface area contributed by atoms with Crippen molar-refractivity contribution < 1.29 is 37.2 Å². The van der Waals surface area contributed by atoms with Crippen molar-refractivity contribution in [2.24, 2.45) is 0 Å². The smallest absolute Gasteiger partial charge is 0.338 e. The molecule has 1 aromatic rings. The molecule has 8 nitrogen and oxygen atoms in total. The number of ether oxygens (including phenoxy) is 1. The summed E-state index contributed by atoms with van der Waals surface area (Å²) in [6, 6.07) is 8.86. The number of carboxylic acids is 1. The Morgan fingerprint density at radius 1 is 1.08 bits per heavy atom. The first-order valence-corrected chi connectivity index (χ1v) is 7.64. The highest BCUT2D eigenvalue weighted by Crippen LogP contribution is 2.01. The summed E-state index contributed by atoms with van der Waals surface area (Å²) >= 11 is 0. The Hall–Kier alpha value is -3.04. The molecule has 1 aliphatic heterocycles. The highest BCUT2D eigenvalue weighted by Gasteiger charge is 2.10. The van der Waals surface area contributed by atoms with Gasteiger partial charge in [-0.2, -0.15) is 8.42 Å². The second-order valence-electron chi connectivity index (χ2n) is 3.84. The van der Waals surface area contributed by atoms with Gasteiger partial charge in [-0.15, -0.1) is 0 Å². The van der Waals surface area contributed by atoms with Crippen molar-refractivity contribution in [3.05, 3.63) is 66.1 Å². The summed E-state index contributed by atoms with van der Waals surface area (Å²) in [5, 5.41) is 8.36. The van der Waals surface area contributed by atoms with E-state index in [1.807, 2.05) is 6.07 Å². The highest BCUT2D eigenvalue weighted by atomic mass is 32.2. The van der Waals surface area contributed by atoms with E-state index in [1.54, 1.807) is 24.3 Å². The number of esters is 2. The minimum atomic E-state index is -4.00. The molecule has 1 aliphatic rings. The Balaban J connectivity index is 0.000000373. The normalized spacial score (nSPS) is 12.5. The monoisotopic (exact) mass is 354 g/mol. The number of benzene rings is 1. The molecule has 0 radical (unpaired) electrons. The van der Waals surface area contributed by atoms with Crippen LogP contribution >= 0.6 is 0 Å². The summed E-state index contributed by atoms with van der Waals surface area (Å²) in [6.45, 7) is 2.96. The van der Waals surface area contributed by atoms with Gasteiger partial charge in [0, 0.05) is 18.2 Å². The van der Waals surface area contributed by atoms with Crippen molar-refractivity contribution >= 4 is 34.1 Å². The number of carboxylic acid groups (broad SMARTS) is 1. The van der Waals surface area contributed by atoms with E-state index < -0.39 is 28.0 Å². The molecule has 2 N–H and O–H groups in total. The van der Waals surface area contributed by atoms with Crippen molar-refractivity contribution in [1.82, 2.24) is 0 Å². The molecule has 1 aromatic carbocycles. The van der Waals surface area contributed by atoms with E-state index in [-0.39, 0.29) is 0 Å². The number of cyclic esters (lactones) is 2. The number of aliphatic carboxylic acids is 1. The third-order valence-electron chi connectivity index (χ3n) is 1.96. The Kier molecular flexibility index (Phi) is 9.30. The summed E-state index contributed by atoms with van der Waals surface area (Å²) in [7, 11) is -4.00. The SMILES string of the molecule is C=CC(=O)O.O=C1C=CC(=O)O1.O=S(=O)(O)C=Cc1ccccc1. The van der Waals surface area contributed by atoms with Crippen molar-refractivity contribution in [3.8, 4) is 0 Å². The molecule has 24 heavy (non-hydrogen) atoms. The zero-order valence-corrected chi connectivity index (χ0v) is 13.0. The van der Waals surface area contributed by atoms with Gasteiger partial charge in [0.2, 0.25) is 0 Å². The third-order valence-corrected chi connectivity index (χ3v) is 2.44. The zero-order chi connectivity index (χ0) is 18.6. The largest absolute Gasteiger partial charge is 0.478 e. The maximum Gasteiger partial charge on any atom is 0.338 e. The molecule has 0 amide bonds. The van der Waals surface area contributed by atoms with Gasteiger partial charge in [0.15, 0.2) is 0 Å². The minimum absolute atomic E-state index is 0.579. The van der Waals surface area contributed by atoms with Gasteiger partial charge in [-0.3, -0.25) is 4.55 Å². The highest BCUT2D eigenvalue weighted by molar-refractivity contribution is 7.88. The molecule has 0 saturated carbocycles. The van der Waals surface area contributed by atoms with Crippen LogP contribution in [0.15, 0.2) is 60.5 Å². The van der Waals surface area contributed by atoms with Crippen LogP contribution in [0.3, 0.4) is 0 Å². The number of hydrogen-bond donors (Lipinski definition) is 2. The van der Waals surface area contributed by atoms with Crippen LogP contribution in [0.2, 0.25) is 0 Å². The van der Waals surface area contributed by atoms with Crippen molar-refractivity contribution in [2.75, 3.05) is 0 Å². The lowest BCUT2D eigenvalue weighted by atomic mass is 10.2. The predicted octanol–water partition coefficient (Wildman–Crippen LogP) is 1.43. The van der Waals surface area contributed by atoms with E-state index in [0.717, 1.165) is 29.2 Å². The Labute approximate surface area is 138 Å². The fraction of sp³-hybridized carbons (Fsp3) is 0. The van der Waals surface area contributed by atoms with Crippen LogP contribution in [0.1, 0.15) is 5.56 Å². The second-order valence-corrected chi connectivity index (χ2v) is 5.15. The van der Waals surface area contributed by atoms with Crippen LogP contribution in [-0.4, -0.2) is 36.0 Å². The first-order chi connectivity index (χ1) is 11.1. The summed E-state index contributed by atoms with van der Waals surface area (Å²) in [6.07, 6.45) is 4.33. The van der Waals surface area contributed by atoms with E-state index in [1.165, 1.54) is 6.08 Å². The minimum Gasteiger partial charge on any atom is -0.478 e. The molecule has 0 bridgehead atoms. The van der Waals surface area contributed by atoms with Gasteiger partial charge in [0.1, 0.15) is 0 Å². The maximum absolute atomic E-state index is 10.3. The molecule has 0 aromatic heterocycles. The number of carbonyl (C=O) groups excluding carboxylic acids is 2. The van der Waals surface area contributed by atoms with Crippen LogP contribution in [0.5, 0.6) is 0 Å². The molecule has 0 spiro atoms. The lowest BCUT2D eigenvalue weighted by Gasteiger charge is -1.89. The summed E-state index contributed by atoms with van der Waals surface area (Å²) in [4.78, 5) is 29.1. The van der Waals surface area contributed by atoms with Crippen LogP contribution in [0, 0.1) is 0 Å². The van der Waals surface area contributed by atoms with Crippen LogP contribution in [0.25, 0.3) is 6.08 Å². The Morgan fingerprint density at radius 2 is 1.54 bits per heavy atom. The topological polar surface area (TPSA) is 135 Å². The summed E-state index contributed by atoms with van der Waals surface area (Å²) in [5.74, 6) is -2.14. The first kappa shape index (κ1) is 21.0. The molecular formula is C15H14O8S. The van der Waals surface area contributed by atoms with E-state index in [9.17, 15) is 22.8 Å². The molecule has 0 fully saturated rings. The fourth-order valence-electron chi connectivity index (χ4n) is 1.03. The quantitative estimate of drug-likeness (QED) is 0.360. The van der Waals surface area contributed by atoms with Crippen LogP contribution < -0.4 is 0 Å². The van der Waals surface area contributed by atoms with Gasteiger partial charge in [0.25, 0.3) is 10.1 Å². The Morgan fingerprint density at radius 3 is 1.83 bits per heavy atom. The van der Waals surface area contributed by atoms with Crippen molar-refractivity contribution in [2.45, 2.75) is 0 Å². The lowest BCUT2D eigenvalue weighted by molar-refractivity contribution is -0.150. The third kappa shape index (κ3) is 12.7. The van der Waals surface area contributed by atoms with Gasteiger partial charge in [-0.1, -0.05) is 36.9 Å². The number of carbonyl (C=O) groups is 3. The molecular weight excluding hydrogens is 340 g/mol. The van der Waals surface area contributed by atoms with Gasteiger partial charge in [-0.05, 0) is 11.6 Å². The number of hydrogen-bond acceptors (Lipinski definition) is 6. The van der Waals surface area contributed by atoms with E-state index in [2.05, 4.69) is 11.3 Å². The lowest BCUT2D eigenvalue weighted by Crippen LogP contribution is -1.96. The predicted molar refractivity (Wildman–Crippen MR) is 85.1 cm³/mol. The van der Waals surface area contributed by atoms with Crippen molar-refractivity contribution in [1.29, 1.82) is 0 Å². The van der Waals surface area contributed by atoms with E-state index in [4.69, 9.17) is 9.66 Å². The van der Waals surface area contributed by atoms with E-state index >= 15 is 0 Å². The Bertz CT molecular complexity index is 729. The van der Waals surface area contributed by atoms with Crippen LogP contribution in [0.4, 0.5) is 0 Å². The summed E-state index contributed by atoms with van der Waals surface area (Å²) in [5.41, 5.74) is 0.732. The second kappa shape index (κ2) is 10.6. The van der Waals surface area contributed by atoms with E-state index in [0.29, 0.717) is 0 Å². The van der Waals surface area contributed by atoms with Gasteiger partial charge in [0.05, 0.1) is 5.41 Å². The van der Waals surface area contributed by atoms with Gasteiger partial charge >= 0.3 is 17.9 Å². The van der Waals surface area contributed by atoms with Crippen LogP contribution in [-0.2, 0) is 29.2 Å². The van der Waals surface area contributed by atoms with Gasteiger partial charge in [-0.25, -0.2) is 14.4 Å². The average molecular weight is 354 g/mol. The molecule has 0 aliphatic carbocycles. The van der Waals surface area contributed by atoms with Crippen molar-refractivity contribution in [3.63, 3.8) is 0 Å². The zero-order valence-electron chi connectivity index (χ0n) is 12.2. The molecule has 0 atom stereocenters. The molecule has 1 heterocycles. The molecule has 2 rings (SSSR count). The fourth-order valence-corrected chi connectivity index (χ4v) is 1.36. The first-order valence-electron chi connectivity index (χ1n) is 6.14. The summed E-state index contributed by atoms with van der Waals surface area (Å²) < 4.78 is 32.9. The maximum atomic E-state index is 10.3. The number of rotatable bonds is 3. The average Bonchev–Trinajstić information content (AvgIpc) is 2.90. The molecule has 9 heteroatoms. The standard InChI is InChI=1S/C8H8O3S.C4H2O3.C3H4O2/c9-12(10,11)7-6-8-4-2-1-3-5-8;5-3-1-2-4(6)7-3;1-2-3(4)5/h1-7H,(H,9,10,11);1-2H;2H,1H2,(H,4,5).